The SMILES string of the molecule is COC(=O)N(O)c1cccc2ccc(Br)cc12. The van der Waals surface area contributed by atoms with Crippen molar-refractivity contribution in [1.82, 2.24) is 0 Å². The molecule has 0 fully saturated rings. The van der Waals surface area contributed by atoms with Crippen molar-refractivity contribution >= 4 is 38.5 Å². The molecule has 1 amide bonds. The lowest BCUT2D eigenvalue weighted by atomic mass is 10.1. The highest BCUT2D eigenvalue weighted by Crippen LogP contribution is 2.28. The first-order valence-corrected chi connectivity index (χ1v) is 5.68. The smallest absolute Gasteiger partial charge is 0.438 e. The van der Waals surface area contributed by atoms with Gasteiger partial charge in [-0.1, -0.05) is 34.1 Å². The number of nitrogens with zero attached hydrogens (tertiary/aromatic N) is 1. The Morgan fingerprint density at radius 1 is 1.35 bits per heavy atom. The number of hydroxylamine groups is 1. The third-order valence-electron chi connectivity index (χ3n) is 2.40. The highest BCUT2D eigenvalue weighted by Gasteiger charge is 2.15. The number of hydrogen-bond donors (Lipinski definition) is 1. The largest absolute Gasteiger partial charge is 0.451 e. The Bertz CT molecular complexity index is 571. The summed E-state index contributed by atoms with van der Waals surface area (Å²) in [7, 11) is 1.21. The van der Waals surface area contributed by atoms with Crippen molar-refractivity contribution in [2.24, 2.45) is 0 Å². The van der Waals surface area contributed by atoms with Crippen LogP contribution in [0.1, 0.15) is 0 Å². The summed E-state index contributed by atoms with van der Waals surface area (Å²) in [4.78, 5) is 11.3. The third-order valence-corrected chi connectivity index (χ3v) is 2.89. The minimum Gasteiger partial charge on any atom is -0.451 e. The van der Waals surface area contributed by atoms with Crippen molar-refractivity contribution in [2.75, 3.05) is 12.2 Å². The molecule has 5 heteroatoms. The van der Waals surface area contributed by atoms with Crippen molar-refractivity contribution in [3.05, 3.63) is 40.9 Å². The average molecular weight is 296 g/mol. The average Bonchev–Trinajstić information content (AvgIpc) is 2.36. The topological polar surface area (TPSA) is 49.8 Å². The number of hydrogen-bond acceptors (Lipinski definition) is 3. The van der Waals surface area contributed by atoms with Crippen molar-refractivity contribution in [1.29, 1.82) is 0 Å². The van der Waals surface area contributed by atoms with Gasteiger partial charge in [0, 0.05) is 9.86 Å². The number of benzene rings is 2. The van der Waals surface area contributed by atoms with Gasteiger partial charge in [0.15, 0.2) is 0 Å². The molecule has 2 rings (SSSR count). The molecule has 0 aliphatic heterocycles. The molecular weight excluding hydrogens is 286 g/mol. The molecule has 0 saturated heterocycles. The van der Waals surface area contributed by atoms with Gasteiger partial charge < -0.3 is 4.74 Å². The van der Waals surface area contributed by atoms with Crippen LogP contribution in [0.25, 0.3) is 10.8 Å². The van der Waals surface area contributed by atoms with Crippen molar-refractivity contribution in [2.45, 2.75) is 0 Å². The van der Waals surface area contributed by atoms with Crippen LogP contribution >= 0.6 is 15.9 Å². The summed E-state index contributed by atoms with van der Waals surface area (Å²) < 4.78 is 5.34. The van der Waals surface area contributed by atoms with E-state index in [9.17, 15) is 10.0 Å². The van der Waals surface area contributed by atoms with Crippen LogP contribution in [0.15, 0.2) is 40.9 Å². The number of amides is 1. The minimum atomic E-state index is -0.822. The Labute approximate surface area is 106 Å². The number of rotatable bonds is 1. The summed E-state index contributed by atoms with van der Waals surface area (Å²) in [6.07, 6.45) is -0.822. The highest BCUT2D eigenvalue weighted by atomic mass is 79.9. The second-order valence-corrected chi connectivity index (χ2v) is 4.34. The Kier molecular flexibility index (Phi) is 3.31. The first-order valence-electron chi connectivity index (χ1n) is 4.88. The van der Waals surface area contributed by atoms with E-state index in [0.29, 0.717) is 10.8 Å². The summed E-state index contributed by atoms with van der Waals surface area (Å²) in [5, 5.41) is 11.9. The summed E-state index contributed by atoms with van der Waals surface area (Å²) in [6, 6.07) is 10.9. The van der Waals surface area contributed by atoms with E-state index in [2.05, 4.69) is 20.7 Å². The molecule has 0 aliphatic carbocycles. The van der Waals surface area contributed by atoms with Crippen LogP contribution in [0.5, 0.6) is 0 Å². The predicted molar refractivity (Wildman–Crippen MR) is 68.3 cm³/mol. The number of fused-ring (bicyclic) bond motifs is 1. The zero-order chi connectivity index (χ0) is 12.4. The van der Waals surface area contributed by atoms with E-state index < -0.39 is 6.09 Å². The van der Waals surface area contributed by atoms with Crippen LogP contribution in [0, 0.1) is 0 Å². The Morgan fingerprint density at radius 3 is 2.82 bits per heavy atom. The van der Waals surface area contributed by atoms with Crippen LogP contribution in [-0.2, 0) is 4.74 Å². The normalized spacial score (nSPS) is 10.3. The van der Waals surface area contributed by atoms with E-state index >= 15 is 0 Å². The fourth-order valence-corrected chi connectivity index (χ4v) is 1.96. The van der Waals surface area contributed by atoms with Crippen LogP contribution in [0.4, 0.5) is 10.5 Å². The Balaban J connectivity index is 2.60. The molecule has 0 bridgehead atoms. The van der Waals surface area contributed by atoms with E-state index in [-0.39, 0.29) is 0 Å². The monoisotopic (exact) mass is 295 g/mol. The van der Waals surface area contributed by atoms with E-state index in [1.54, 1.807) is 12.1 Å². The maximum absolute atomic E-state index is 11.3. The Hall–Kier alpha value is -1.59. The molecule has 88 valence electrons. The standard InChI is InChI=1S/C12H10BrNO3/c1-17-12(15)14(16)11-4-2-3-8-5-6-9(13)7-10(8)11/h2-7,16H,1H3. The summed E-state index contributed by atoms with van der Waals surface area (Å²) in [5.74, 6) is 0. The van der Waals surface area contributed by atoms with Gasteiger partial charge in [0.05, 0.1) is 12.8 Å². The molecular formula is C12H10BrNO3. The maximum atomic E-state index is 11.3. The zero-order valence-electron chi connectivity index (χ0n) is 9.05. The van der Waals surface area contributed by atoms with Crippen LogP contribution in [-0.4, -0.2) is 18.4 Å². The van der Waals surface area contributed by atoms with E-state index in [1.165, 1.54) is 7.11 Å². The summed E-state index contributed by atoms with van der Waals surface area (Å²) in [5.41, 5.74) is 0.385. The lowest BCUT2D eigenvalue weighted by molar-refractivity contribution is 0.141. The first kappa shape index (κ1) is 11.9. The van der Waals surface area contributed by atoms with Gasteiger partial charge in [0.1, 0.15) is 0 Å². The number of carbonyl (C=O) groups excluding carboxylic acids is 1. The maximum Gasteiger partial charge on any atom is 0.438 e. The number of methoxy groups -OCH3 is 1. The molecule has 0 unspecified atom stereocenters. The molecule has 4 nitrogen and oxygen atoms in total. The van der Waals surface area contributed by atoms with Crippen LogP contribution in [0.3, 0.4) is 0 Å². The number of ether oxygens (including phenoxy) is 1. The van der Waals surface area contributed by atoms with Crippen LogP contribution < -0.4 is 5.06 Å². The molecule has 0 aliphatic rings. The van der Waals surface area contributed by atoms with Crippen molar-refractivity contribution in [3.8, 4) is 0 Å². The second kappa shape index (κ2) is 4.73. The molecule has 0 radical (unpaired) electrons. The summed E-state index contributed by atoms with van der Waals surface area (Å²) in [6.45, 7) is 0. The third kappa shape index (κ3) is 2.25. The summed E-state index contributed by atoms with van der Waals surface area (Å²) >= 11 is 3.35. The quantitative estimate of drug-likeness (QED) is 0.646. The van der Waals surface area contributed by atoms with Crippen molar-refractivity contribution < 1.29 is 14.7 Å². The van der Waals surface area contributed by atoms with Gasteiger partial charge in [-0.15, -0.1) is 0 Å². The van der Waals surface area contributed by atoms with E-state index in [1.807, 2.05) is 24.3 Å². The lowest BCUT2D eigenvalue weighted by Gasteiger charge is -2.15. The van der Waals surface area contributed by atoms with Gasteiger partial charge in [-0.25, -0.2) is 4.79 Å². The molecule has 0 atom stereocenters. The number of anilines is 1. The lowest BCUT2D eigenvalue weighted by Crippen LogP contribution is -2.26. The first-order chi connectivity index (χ1) is 8.13. The Morgan fingerprint density at radius 2 is 2.12 bits per heavy atom. The zero-order valence-corrected chi connectivity index (χ0v) is 10.6. The molecule has 0 saturated carbocycles. The number of carbonyl (C=O) groups is 1. The molecule has 0 aromatic heterocycles. The minimum absolute atomic E-state index is 0.385. The highest BCUT2D eigenvalue weighted by molar-refractivity contribution is 9.10. The fraction of sp³-hybridized carbons (Fsp3) is 0.0833. The van der Waals surface area contributed by atoms with Gasteiger partial charge in [0.2, 0.25) is 0 Å². The molecule has 0 heterocycles. The molecule has 17 heavy (non-hydrogen) atoms. The van der Waals surface area contributed by atoms with Gasteiger partial charge in [-0.2, -0.15) is 5.06 Å². The van der Waals surface area contributed by atoms with E-state index in [0.717, 1.165) is 15.2 Å². The van der Waals surface area contributed by atoms with Crippen LogP contribution in [0.2, 0.25) is 0 Å². The van der Waals surface area contributed by atoms with Crippen molar-refractivity contribution in [3.63, 3.8) is 0 Å². The molecule has 2 aromatic carbocycles. The molecule has 1 N–H and O–H groups in total. The predicted octanol–water partition coefficient (Wildman–Crippen LogP) is 3.56. The number of halogens is 1. The van der Waals surface area contributed by atoms with Gasteiger partial charge in [-0.05, 0) is 23.6 Å². The van der Waals surface area contributed by atoms with Gasteiger partial charge >= 0.3 is 6.09 Å². The van der Waals surface area contributed by atoms with Gasteiger partial charge in [-0.3, -0.25) is 5.21 Å². The van der Waals surface area contributed by atoms with Gasteiger partial charge in [0.25, 0.3) is 0 Å². The fourth-order valence-electron chi connectivity index (χ4n) is 1.60. The second-order valence-electron chi connectivity index (χ2n) is 3.42. The molecule has 2 aromatic rings. The van der Waals surface area contributed by atoms with E-state index in [4.69, 9.17) is 0 Å². The molecule has 0 spiro atoms.